The Morgan fingerprint density at radius 3 is 2.41 bits per heavy atom. The molecule has 2 atom stereocenters. The number of hydrogen-bond donors (Lipinski definition) is 1. The second-order valence-corrected chi connectivity index (χ2v) is 6.29. The van der Waals surface area contributed by atoms with E-state index in [4.69, 9.17) is 0 Å². The summed E-state index contributed by atoms with van der Waals surface area (Å²) >= 11 is 0. The van der Waals surface area contributed by atoms with Crippen LogP contribution >= 0.6 is 0 Å². The van der Waals surface area contributed by atoms with Gasteiger partial charge in [0.25, 0.3) is 0 Å². The highest BCUT2D eigenvalue weighted by atomic mass is 14.9. The van der Waals surface area contributed by atoms with Gasteiger partial charge in [0.2, 0.25) is 0 Å². The molecule has 17 heavy (non-hydrogen) atoms. The molecule has 1 aliphatic rings. The van der Waals surface area contributed by atoms with E-state index >= 15 is 0 Å². The number of hydrogen-bond acceptors (Lipinski definition) is 1. The second kappa shape index (κ2) is 4.81. The summed E-state index contributed by atoms with van der Waals surface area (Å²) in [5.74, 6) is 0.688. The maximum atomic E-state index is 3.69. The molecule has 1 nitrogen and oxygen atoms in total. The average molecular weight is 231 g/mol. The Hall–Kier alpha value is -0.820. The number of benzene rings is 1. The molecule has 0 bridgehead atoms. The fourth-order valence-electron chi connectivity index (χ4n) is 2.97. The Kier molecular flexibility index (Phi) is 3.58. The lowest BCUT2D eigenvalue weighted by Gasteiger charge is -2.28. The zero-order chi connectivity index (χ0) is 12.5. The highest BCUT2D eigenvalue weighted by molar-refractivity contribution is 5.39. The molecule has 0 radical (unpaired) electrons. The summed E-state index contributed by atoms with van der Waals surface area (Å²) < 4.78 is 0. The van der Waals surface area contributed by atoms with Gasteiger partial charge in [0, 0.05) is 6.04 Å². The number of fused-ring (bicyclic) bond motifs is 1. The van der Waals surface area contributed by atoms with Crippen molar-refractivity contribution in [3.05, 3.63) is 35.4 Å². The van der Waals surface area contributed by atoms with E-state index in [1.54, 1.807) is 5.56 Å². The van der Waals surface area contributed by atoms with Crippen molar-refractivity contribution in [3.8, 4) is 0 Å². The van der Waals surface area contributed by atoms with Gasteiger partial charge in [-0.05, 0) is 41.8 Å². The van der Waals surface area contributed by atoms with Gasteiger partial charge in [0.15, 0.2) is 0 Å². The maximum Gasteiger partial charge on any atom is 0.0329 e. The summed E-state index contributed by atoms with van der Waals surface area (Å²) in [5.41, 5.74) is 3.45. The maximum absolute atomic E-state index is 3.69. The van der Waals surface area contributed by atoms with Crippen molar-refractivity contribution in [2.24, 2.45) is 5.41 Å². The topological polar surface area (TPSA) is 12.0 Å². The molecule has 0 amide bonds. The molecule has 0 heterocycles. The Labute approximate surface area is 106 Å². The molecule has 1 heteroatoms. The highest BCUT2D eigenvalue weighted by Gasteiger charge is 2.36. The van der Waals surface area contributed by atoms with Crippen molar-refractivity contribution in [1.82, 2.24) is 5.32 Å². The molecule has 0 saturated heterocycles. The predicted octanol–water partition coefficient (Wildman–Crippen LogP) is 4.26. The first-order valence-corrected chi connectivity index (χ1v) is 6.86. The van der Waals surface area contributed by atoms with Crippen LogP contribution in [0.4, 0.5) is 0 Å². The number of rotatable bonds is 3. The Balaban J connectivity index is 2.26. The van der Waals surface area contributed by atoms with Crippen LogP contribution in [-0.2, 0) is 0 Å². The van der Waals surface area contributed by atoms with Crippen molar-refractivity contribution in [3.63, 3.8) is 0 Å². The Bertz CT molecular complexity index is 375. The van der Waals surface area contributed by atoms with Crippen LogP contribution in [0.25, 0.3) is 0 Å². The SMILES string of the molecule is CCCN[C@@H]1C[C@@H](C(C)(C)C)c2ccccc21. The van der Waals surface area contributed by atoms with Crippen molar-refractivity contribution >= 4 is 0 Å². The van der Waals surface area contributed by atoms with Crippen molar-refractivity contribution < 1.29 is 0 Å². The molecule has 0 fully saturated rings. The van der Waals surface area contributed by atoms with Crippen molar-refractivity contribution in [2.45, 2.75) is 52.5 Å². The van der Waals surface area contributed by atoms with Crippen LogP contribution in [0.15, 0.2) is 24.3 Å². The van der Waals surface area contributed by atoms with E-state index in [0.717, 1.165) is 6.54 Å². The Morgan fingerprint density at radius 1 is 1.18 bits per heavy atom. The third-order valence-corrected chi connectivity index (χ3v) is 3.90. The lowest BCUT2D eigenvalue weighted by molar-refractivity contribution is 0.300. The standard InChI is InChI=1S/C16H25N/c1-5-10-17-15-11-14(16(2,3)4)12-8-6-7-9-13(12)15/h6-9,14-15,17H,5,10-11H2,1-4H3/t14-,15-/m1/s1. The predicted molar refractivity (Wildman–Crippen MR) is 74.3 cm³/mol. The van der Waals surface area contributed by atoms with Gasteiger partial charge >= 0.3 is 0 Å². The van der Waals surface area contributed by atoms with E-state index in [0.29, 0.717) is 17.4 Å². The molecule has 1 aromatic rings. The fraction of sp³-hybridized carbons (Fsp3) is 0.625. The van der Waals surface area contributed by atoms with E-state index in [1.165, 1.54) is 18.4 Å². The largest absolute Gasteiger partial charge is 0.310 e. The molecule has 1 aliphatic carbocycles. The monoisotopic (exact) mass is 231 g/mol. The van der Waals surface area contributed by atoms with Crippen LogP contribution < -0.4 is 5.32 Å². The fourth-order valence-corrected chi connectivity index (χ4v) is 2.97. The van der Waals surface area contributed by atoms with Crippen LogP contribution in [0.2, 0.25) is 0 Å². The summed E-state index contributed by atoms with van der Waals surface area (Å²) in [6, 6.07) is 9.53. The van der Waals surface area contributed by atoms with Crippen LogP contribution in [0, 0.1) is 5.41 Å². The first-order chi connectivity index (χ1) is 8.04. The molecular formula is C16H25N. The molecule has 0 saturated carbocycles. The second-order valence-electron chi connectivity index (χ2n) is 6.29. The molecule has 1 N–H and O–H groups in total. The number of nitrogens with one attached hydrogen (secondary N) is 1. The van der Waals surface area contributed by atoms with Crippen LogP contribution in [-0.4, -0.2) is 6.54 Å². The van der Waals surface area contributed by atoms with Crippen LogP contribution in [0.3, 0.4) is 0 Å². The summed E-state index contributed by atoms with van der Waals surface area (Å²) in [4.78, 5) is 0. The zero-order valence-corrected chi connectivity index (χ0v) is 11.6. The van der Waals surface area contributed by atoms with Gasteiger partial charge in [-0.3, -0.25) is 0 Å². The summed E-state index contributed by atoms with van der Waals surface area (Å²) in [5, 5.41) is 3.69. The highest BCUT2D eigenvalue weighted by Crippen LogP contribution is 2.48. The average Bonchev–Trinajstić information content (AvgIpc) is 2.65. The molecule has 0 unspecified atom stereocenters. The summed E-state index contributed by atoms with van der Waals surface area (Å²) in [6.45, 7) is 10.4. The molecule has 0 spiro atoms. The van der Waals surface area contributed by atoms with Crippen molar-refractivity contribution in [2.75, 3.05) is 6.54 Å². The van der Waals surface area contributed by atoms with E-state index in [2.05, 4.69) is 57.3 Å². The quantitative estimate of drug-likeness (QED) is 0.819. The minimum Gasteiger partial charge on any atom is -0.310 e. The van der Waals surface area contributed by atoms with Gasteiger partial charge in [0.05, 0.1) is 0 Å². The minimum atomic E-state index is 0.360. The third-order valence-electron chi connectivity index (χ3n) is 3.90. The first kappa shape index (κ1) is 12.6. The minimum absolute atomic E-state index is 0.360. The van der Waals surface area contributed by atoms with Crippen LogP contribution in [0.5, 0.6) is 0 Å². The molecule has 0 aromatic heterocycles. The first-order valence-electron chi connectivity index (χ1n) is 6.86. The lowest BCUT2D eigenvalue weighted by atomic mass is 9.77. The van der Waals surface area contributed by atoms with E-state index in [1.807, 2.05) is 0 Å². The summed E-state index contributed by atoms with van der Waals surface area (Å²) in [7, 11) is 0. The van der Waals surface area contributed by atoms with Gasteiger partial charge in [-0.25, -0.2) is 0 Å². The normalized spacial score (nSPS) is 23.8. The van der Waals surface area contributed by atoms with Gasteiger partial charge in [-0.1, -0.05) is 52.0 Å². The molecular weight excluding hydrogens is 206 g/mol. The smallest absolute Gasteiger partial charge is 0.0329 e. The molecule has 2 rings (SSSR count). The molecule has 94 valence electrons. The third kappa shape index (κ3) is 2.55. The van der Waals surface area contributed by atoms with Crippen LogP contribution in [0.1, 0.15) is 63.6 Å². The van der Waals surface area contributed by atoms with Crippen molar-refractivity contribution in [1.29, 1.82) is 0 Å². The van der Waals surface area contributed by atoms with Gasteiger partial charge in [-0.15, -0.1) is 0 Å². The zero-order valence-electron chi connectivity index (χ0n) is 11.6. The lowest BCUT2D eigenvalue weighted by Crippen LogP contribution is -2.21. The van der Waals surface area contributed by atoms with E-state index in [-0.39, 0.29) is 0 Å². The van der Waals surface area contributed by atoms with Gasteiger partial charge in [0.1, 0.15) is 0 Å². The molecule has 1 aromatic carbocycles. The summed E-state index contributed by atoms with van der Waals surface area (Å²) in [6.07, 6.45) is 2.46. The van der Waals surface area contributed by atoms with Gasteiger partial charge < -0.3 is 5.32 Å². The van der Waals surface area contributed by atoms with E-state index in [9.17, 15) is 0 Å². The van der Waals surface area contributed by atoms with E-state index < -0.39 is 0 Å². The van der Waals surface area contributed by atoms with Gasteiger partial charge in [-0.2, -0.15) is 0 Å². The Morgan fingerprint density at radius 2 is 1.82 bits per heavy atom. The molecule has 0 aliphatic heterocycles.